The summed E-state index contributed by atoms with van der Waals surface area (Å²) in [6.07, 6.45) is 0.624. The summed E-state index contributed by atoms with van der Waals surface area (Å²) in [6, 6.07) is 0. The molecule has 1 saturated heterocycles. The Morgan fingerprint density at radius 2 is 2.09 bits per heavy atom. The number of hydrogen-bond acceptors (Lipinski definition) is 2. The molecule has 1 rings (SSSR count). The third-order valence-corrected chi connectivity index (χ3v) is 2.68. The molecule has 0 amide bonds. The molecule has 2 nitrogen and oxygen atoms in total. The van der Waals surface area contributed by atoms with Crippen LogP contribution in [0.4, 0.5) is 0 Å². The molecule has 0 aromatic rings. The summed E-state index contributed by atoms with van der Waals surface area (Å²) in [5.41, 5.74) is 0. The lowest BCUT2D eigenvalue weighted by Crippen LogP contribution is -2.16. The fraction of sp³-hybridized carbons (Fsp3) is 0.889. The van der Waals surface area contributed by atoms with Gasteiger partial charge in [-0.1, -0.05) is 20.8 Å². The summed E-state index contributed by atoms with van der Waals surface area (Å²) in [6.45, 7) is 7.20. The smallest absolute Gasteiger partial charge is 0.306 e. The lowest BCUT2D eigenvalue weighted by molar-refractivity contribution is -0.137. The van der Waals surface area contributed by atoms with E-state index in [1.54, 1.807) is 0 Å². The summed E-state index contributed by atoms with van der Waals surface area (Å²) in [4.78, 5) is 10.8. The molecule has 0 saturated carbocycles. The Labute approximate surface area is 67.9 Å². The second-order valence-electron chi connectivity index (χ2n) is 3.75. The van der Waals surface area contributed by atoms with Gasteiger partial charge in [0, 0.05) is 5.92 Å². The maximum absolute atomic E-state index is 10.8. The van der Waals surface area contributed by atoms with Gasteiger partial charge in [0.05, 0.1) is 13.0 Å². The third-order valence-electron chi connectivity index (χ3n) is 2.68. The second-order valence-corrected chi connectivity index (χ2v) is 3.75. The van der Waals surface area contributed by atoms with E-state index in [0.29, 0.717) is 30.8 Å². The predicted molar refractivity (Wildman–Crippen MR) is 43.1 cm³/mol. The molecule has 2 atom stereocenters. The quantitative estimate of drug-likeness (QED) is 0.570. The predicted octanol–water partition coefficient (Wildman–Crippen LogP) is 1.84. The van der Waals surface area contributed by atoms with Crippen LogP contribution < -0.4 is 0 Å². The summed E-state index contributed by atoms with van der Waals surface area (Å²) in [5, 5.41) is 0. The van der Waals surface area contributed by atoms with Gasteiger partial charge in [-0.3, -0.25) is 4.79 Å². The van der Waals surface area contributed by atoms with Crippen LogP contribution in [0.1, 0.15) is 27.2 Å². The lowest BCUT2D eigenvalue weighted by Gasteiger charge is -2.19. The van der Waals surface area contributed by atoms with E-state index in [9.17, 15) is 4.79 Å². The molecule has 2 heteroatoms. The second kappa shape index (κ2) is 3.24. The van der Waals surface area contributed by atoms with E-state index in [2.05, 4.69) is 20.8 Å². The molecule has 0 radical (unpaired) electrons. The minimum Gasteiger partial charge on any atom is -0.465 e. The van der Waals surface area contributed by atoms with Crippen LogP contribution in [0.3, 0.4) is 0 Å². The third kappa shape index (κ3) is 1.95. The number of rotatable bonds is 2. The van der Waals surface area contributed by atoms with E-state index in [1.807, 2.05) is 0 Å². The number of carbonyl (C=O) groups excluding carboxylic acids is 1. The molecule has 64 valence electrons. The molecule has 0 N–H and O–H groups in total. The average Bonchev–Trinajstić information content (AvgIpc) is 2.34. The topological polar surface area (TPSA) is 26.3 Å². The van der Waals surface area contributed by atoms with Crippen molar-refractivity contribution in [1.29, 1.82) is 0 Å². The van der Waals surface area contributed by atoms with Crippen molar-refractivity contribution in [3.05, 3.63) is 0 Å². The zero-order chi connectivity index (χ0) is 8.43. The van der Waals surface area contributed by atoms with Crippen molar-refractivity contribution in [2.24, 2.45) is 17.8 Å². The van der Waals surface area contributed by atoms with Crippen molar-refractivity contribution < 1.29 is 9.53 Å². The zero-order valence-electron chi connectivity index (χ0n) is 7.46. The number of esters is 1. The van der Waals surface area contributed by atoms with E-state index in [-0.39, 0.29) is 5.97 Å². The van der Waals surface area contributed by atoms with Crippen LogP contribution >= 0.6 is 0 Å². The summed E-state index contributed by atoms with van der Waals surface area (Å²) in [5.74, 6) is 1.68. The molecule has 0 spiro atoms. The highest BCUT2D eigenvalue weighted by atomic mass is 16.5. The van der Waals surface area contributed by atoms with Gasteiger partial charge in [0.25, 0.3) is 0 Å². The van der Waals surface area contributed by atoms with E-state index in [1.165, 1.54) is 0 Å². The first-order valence-corrected chi connectivity index (χ1v) is 4.27. The van der Waals surface area contributed by atoms with Gasteiger partial charge < -0.3 is 4.74 Å². The normalized spacial score (nSPS) is 27.3. The maximum Gasteiger partial charge on any atom is 0.306 e. The summed E-state index contributed by atoms with van der Waals surface area (Å²) in [7, 11) is 0. The first kappa shape index (κ1) is 8.57. The largest absolute Gasteiger partial charge is 0.465 e. The monoisotopic (exact) mass is 156 g/mol. The minimum absolute atomic E-state index is 0.0255. The molecule has 1 unspecified atom stereocenters. The van der Waals surface area contributed by atoms with Crippen LogP contribution in [0, 0.1) is 17.8 Å². The van der Waals surface area contributed by atoms with E-state index < -0.39 is 0 Å². The van der Waals surface area contributed by atoms with Gasteiger partial charge in [-0.25, -0.2) is 0 Å². The molecule has 0 aromatic carbocycles. The Morgan fingerprint density at radius 1 is 1.45 bits per heavy atom. The summed E-state index contributed by atoms with van der Waals surface area (Å²) < 4.78 is 4.90. The first-order chi connectivity index (χ1) is 5.11. The number of cyclic esters (lactones) is 1. The number of ether oxygens (including phenoxy) is 1. The van der Waals surface area contributed by atoms with Crippen molar-refractivity contribution in [2.45, 2.75) is 27.2 Å². The molecule has 1 fully saturated rings. The highest BCUT2D eigenvalue weighted by molar-refractivity contribution is 5.71. The van der Waals surface area contributed by atoms with Crippen LogP contribution in [-0.4, -0.2) is 12.6 Å². The zero-order valence-corrected chi connectivity index (χ0v) is 7.46. The molecule has 0 bridgehead atoms. The molecule has 0 aromatic heterocycles. The fourth-order valence-corrected chi connectivity index (χ4v) is 1.41. The van der Waals surface area contributed by atoms with Gasteiger partial charge in [0.1, 0.15) is 0 Å². The van der Waals surface area contributed by atoms with Gasteiger partial charge in [-0.15, -0.1) is 0 Å². The van der Waals surface area contributed by atoms with Gasteiger partial charge in [-0.2, -0.15) is 0 Å². The molecule has 1 aliphatic heterocycles. The minimum atomic E-state index is -0.0255. The van der Waals surface area contributed by atoms with Gasteiger partial charge in [-0.05, 0) is 11.8 Å². The molecule has 1 heterocycles. The first-order valence-electron chi connectivity index (χ1n) is 4.27. The highest BCUT2D eigenvalue weighted by Crippen LogP contribution is 2.27. The Morgan fingerprint density at radius 3 is 2.45 bits per heavy atom. The number of hydrogen-bond donors (Lipinski definition) is 0. The van der Waals surface area contributed by atoms with Crippen LogP contribution in [0.5, 0.6) is 0 Å². The van der Waals surface area contributed by atoms with Gasteiger partial charge in [0.15, 0.2) is 0 Å². The van der Waals surface area contributed by atoms with E-state index in [0.717, 1.165) is 0 Å². The van der Waals surface area contributed by atoms with Gasteiger partial charge in [0.2, 0.25) is 0 Å². The highest BCUT2D eigenvalue weighted by Gasteiger charge is 2.29. The molecule has 0 aliphatic carbocycles. The van der Waals surface area contributed by atoms with E-state index in [4.69, 9.17) is 4.74 Å². The molecular weight excluding hydrogens is 140 g/mol. The van der Waals surface area contributed by atoms with Crippen molar-refractivity contribution in [3.8, 4) is 0 Å². The number of carbonyl (C=O) groups is 1. The molecule has 11 heavy (non-hydrogen) atoms. The Balaban J connectivity index is 2.43. The van der Waals surface area contributed by atoms with Crippen molar-refractivity contribution in [3.63, 3.8) is 0 Å². The molecular formula is C9H16O2. The van der Waals surface area contributed by atoms with Crippen molar-refractivity contribution >= 4 is 5.97 Å². The van der Waals surface area contributed by atoms with Crippen LogP contribution in [-0.2, 0) is 9.53 Å². The molecule has 1 aliphatic rings. The summed E-state index contributed by atoms with van der Waals surface area (Å²) >= 11 is 0. The van der Waals surface area contributed by atoms with Crippen LogP contribution in [0.25, 0.3) is 0 Å². The van der Waals surface area contributed by atoms with Gasteiger partial charge >= 0.3 is 5.97 Å². The Kier molecular flexibility index (Phi) is 2.53. The Bertz CT molecular complexity index is 152. The lowest BCUT2D eigenvalue weighted by atomic mass is 9.84. The maximum atomic E-state index is 10.8. The fourth-order valence-electron chi connectivity index (χ4n) is 1.41. The van der Waals surface area contributed by atoms with E-state index >= 15 is 0 Å². The Hall–Kier alpha value is -0.530. The standard InChI is InChI=1S/C9H16O2/c1-6(2)7(3)8-4-9(10)11-5-8/h6-8H,4-5H2,1-3H3/t7?,8-/m0/s1. The van der Waals surface area contributed by atoms with Crippen LogP contribution in [0.2, 0.25) is 0 Å². The van der Waals surface area contributed by atoms with Crippen molar-refractivity contribution in [1.82, 2.24) is 0 Å². The van der Waals surface area contributed by atoms with Crippen LogP contribution in [0.15, 0.2) is 0 Å². The average molecular weight is 156 g/mol. The van der Waals surface area contributed by atoms with Crippen molar-refractivity contribution in [2.75, 3.05) is 6.61 Å². The SMILES string of the molecule is CC(C)C(C)[C@@H]1COC(=O)C1.